The Bertz CT molecular complexity index is 898. The van der Waals surface area contributed by atoms with Gasteiger partial charge in [-0.1, -0.05) is 55.8 Å². The van der Waals surface area contributed by atoms with Crippen LogP contribution in [0.4, 0.5) is 0 Å². The number of hydrogen-bond donors (Lipinski definition) is 1. The standard InChI is InChI=1S/C26H32N2O3/c1-3-4-8-21-11-13-22(14-12-21)25(31)27-19-24(30)28-17-15-26(16-18-28,20(2)29)23-9-6-5-7-10-23/h5-7,9-14H,3-4,8,15-19H2,1-2H3,(H,27,31). The molecule has 0 aliphatic carbocycles. The summed E-state index contributed by atoms with van der Waals surface area (Å²) in [6.45, 7) is 4.78. The molecule has 1 aliphatic rings. The van der Waals surface area contributed by atoms with Gasteiger partial charge in [0.2, 0.25) is 5.91 Å². The molecule has 0 atom stereocenters. The Kier molecular flexibility index (Phi) is 7.61. The normalized spacial score (nSPS) is 15.4. The predicted octanol–water partition coefficient (Wildman–Crippen LogP) is 3.91. The third-order valence-corrected chi connectivity index (χ3v) is 6.41. The minimum atomic E-state index is -0.527. The highest BCUT2D eigenvalue weighted by Gasteiger charge is 2.41. The van der Waals surface area contributed by atoms with E-state index in [2.05, 4.69) is 12.2 Å². The van der Waals surface area contributed by atoms with Crippen LogP contribution in [0.5, 0.6) is 0 Å². The van der Waals surface area contributed by atoms with Crippen molar-refractivity contribution < 1.29 is 14.4 Å². The SMILES string of the molecule is CCCCc1ccc(C(=O)NCC(=O)N2CCC(C(C)=O)(c3ccccc3)CC2)cc1. The van der Waals surface area contributed by atoms with Crippen LogP contribution in [0.1, 0.15) is 61.0 Å². The maximum Gasteiger partial charge on any atom is 0.251 e. The summed E-state index contributed by atoms with van der Waals surface area (Å²) in [5.74, 6) is -0.214. The molecule has 0 bridgehead atoms. The number of carbonyl (C=O) groups is 3. The summed E-state index contributed by atoms with van der Waals surface area (Å²) in [5.41, 5.74) is 2.27. The molecule has 3 rings (SSSR count). The van der Waals surface area contributed by atoms with Crippen molar-refractivity contribution in [3.8, 4) is 0 Å². The number of nitrogens with one attached hydrogen (secondary N) is 1. The molecule has 5 nitrogen and oxygen atoms in total. The summed E-state index contributed by atoms with van der Waals surface area (Å²) >= 11 is 0. The lowest BCUT2D eigenvalue weighted by Crippen LogP contribution is -2.50. The van der Waals surface area contributed by atoms with Crippen molar-refractivity contribution in [1.82, 2.24) is 10.2 Å². The molecule has 1 saturated heterocycles. The molecule has 2 aromatic carbocycles. The molecule has 1 fully saturated rings. The number of benzene rings is 2. The summed E-state index contributed by atoms with van der Waals surface area (Å²) < 4.78 is 0. The molecular weight excluding hydrogens is 388 g/mol. The Labute approximate surface area is 184 Å². The number of carbonyl (C=O) groups excluding carboxylic acids is 3. The largest absolute Gasteiger partial charge is 0.343 e. The average molecular weight is 421 g/mol. The maximum atomic E-state index is 12.6. The van der Waals surface area contributed by atoms with Crippen LogP contribution in [0.25, 0.3) is 0 Å². The first-order valence-corrected chi connectivity index (χ1v) is 11.2. The molecule has 5 heteroatoms. The van der Waals surface area contributed by atoms with Crippen LogP contribution in [-0.4, -0.2) is 42.1 Å². The minimum Gasteiger partial charge on any atom is -0.343 e. The van der Waals surface area contributed by atoms with Gasteiger partial charge in [0, 0.05) is 18.7 Å². The van der Waals surface area contributed by atoms with E-state index < -0.39 is 5.41 Å². The third kappa shape index (κ3) is 5.40. The van der Waals surface area contributed by atoms with Gasteiger partial charge in [-0.25, -0.2) is 0 Å². The van der Waals surface area contributed by atoms with E-state index in [0.29, 0.717) is 31.5 Å². The zero-order valence-electron chi connectivity index (χ0n) is 18.5. The third-order valence-electron chi connectivity index (χ3n) is 6.41. The molecule has 0 unspecified atom stereocenters. The molecule has 31 heavy (non-hydrogen) atoms. The molecule has 0 spiro atoms. The van der Waals surface area contributed by atoms with Crippen molar-refractivity contribution in [3.05, 3.63) is 71.3 Å². The lowest BCUT2D eigenvalue weighted by atomic mass is 9.70. The van der Waals surface area contributed by atoms with Crippen LogP contribution in [-0.2, 0) is 21.4 Å². The van der Waals surface area contributed by atoms with Gasteiger partial charge in [-0.15, -0.1) is 0 Å². The average Bonchev–Trinajstić information content (AvgIpc) is 2.81. The number of Topliss-reactive ketones (excluding diaryl/α,β-unsaturated/α-hetero) is 1. The van der Waals surface area contributed by atoms with Gasteiger partial charge in [-0.3, -0.25) is 14.4 Å². The van der Waals surface area contributed by atoms with Crippen molar-refractivity contribution in [2.45, 2.75) is 51.4 Å². The Morgan fingerprint density at radius 2 is 1.61 bits per heavy atom. The van der Waals surface area contributed by atoms with Crippen molar-refractivity contribution in [2.24, 2.45) is 0 Å². The van der Waals surface area contributed by atoms with E-state index in [4.69, 9.17) is 0 Å². The highest BCUT2D eigenvalue weighted by Crippen LogP contribution is 2.36. The number of ketones is 1. The summed E-state index contributed by atoms with van der Waals surface area (Å²) in [6.07, 6.45) is 4.48. The summed E-state index contributed by atoms with van der Waals surface area (Å²) in [5, 5.41) is 2.74. The number of aryl methyl sites for hydroxylation is 1. The number of unbranched alkanes of at least 4 members (excludes halogenated alkanes) is 1. The van der Waals surface area contributed by atoms with E-state index >= 15 is 0 Å². The first-order valence-electron chi connectivity index (χ1n) is 11.2. The Hall–Kier alpha value is -2.95. The first-order chi connectivity index (χ1) is 15.0. The molecular formula is C26H32N2O3. The Morgan fingerprint density at radius 1 is 0.968 bits per heavy atom. The number of hydrogen-bond acceptors (Lipinski definition) is 3. The lowest BCUT2D eigenvalue weighted by Gasteiger charge is -2.40. The van der Waals surface area contributed by atoms with E-state index in [1.165, 1.54) is 5.56 Å². The topological polar surface area (TPSA) is 66.5 Å². The zero-order valence-corrected chi connectivity index (χ0v) is 18.5. The number of amides is 2. The fraction of sp³-hybridized carbons (Fsp3) is 0.423. The molecule has 2 aromatic rings. The van der Waals surface area contributed by atoms with Gasteiger partial charge >= 0.3 is 0 Å². The maximum absolute atomic E-state index is 12.6. The van der Waals surface area contributed by atoms with E-state index in [9.17, 15) is 14.4 Å². The summed E-state index contributed by atoms with van der Waals surface area (Å²) in [7, 11) is 0. The monoisotopic (exact) mass is 420 g/mol. The van der Waals surface area contributed by atoms with Crippen LogP contribution < -0.4 is 5.32 Å². The fourth-order valence-electron chi connectivity index (χ4n) is 4.31. The molecule has 1 heterocycles. The lowest BCUT2D eigenvalue weighted by molar-refractivity contribution is -0.134. The molecule has 1 N–H and O–H groups in total. The second-order valence-electron chi connectivity index (χ2n) is 8.37. The van der Waals surface area contributed by atoms with Gasteiger partial charge in [0.05, 0.1) is 12.0 Å². The summed E-state index contributed by atoms with van der Waals surface area (Å²) in [6, 6.07) is 17.4. The molecule has 164 valence electrons. The highest BCUT2D eigenvalue weighted by molar-refractivity contribution is 5.96. The van der Waals surface area contributed by atoms with Gasteiger partial charge in [-0.05, 0) is 55.9 Å². The minimum absolute atomic E-state index is 0.0329. The van der Waals surface area contributed by atoms with E-state index in [-0.39, 0.29) is 24.1 Å². The van der Waals surface area contributed by atoms with Crippen LogP contribution >= 0.6 is 0 Å². The van der Waals surface area contributed by atoms with E-state index in [1.54, 1.807) is 11.8 Å². The van der Waals surface area contributed by atoms with Gasteiger partial charge < -0.3 is 10.2 Å². The first kappa shape index (κ1) is 22.7. The van der Waals surface area contributed by atoms with Gasteiger partial charge in [0.15, 0.2) is 0 Å². The van der Waals surface area contributed by atoms with Gasteiger partial charge in [-0.2, -0.15) is 0 Å². The summed E-state index contributed by atoms with van der Waals surface area (Å²) in [4.78, 5) is 39.3. The molecule has 2 amide bonds. The molecule has 0 saturated carbocycles. The fourth-order valence-corrected chi connectivity index (χ4v) is 4.31. The predicted molar refractivity (Wildman–Crippen MR) is 122 cm³/mol. The van der Waals surface area contributed by atoms with Crippen LogP contribution in [0, 0.1) is 0 Å². The number of nitrogens with zero attached hydrogens (tertiary/aromatic N) is 1. The quantitative estimate of drug-likeness (QED) is 0.704. The van der Waals surface area contributed by atoms with Gasteiger partial charge in [0.25, 0.3) is 5.91 Å². The van der Waals surface area contributed by atoms with Crippen LogP contribution in [0.15, 0.2) is 54.6 Å². The van der Waals surface area contributed by atoms with Crippen molar-refractivity contribution in [1.29, 1.82) is 0 Å². The second-order valence-corrected chi connectivity index (χ2v) is 8.37. The van der Waals surface area contributed by atoms with Crippen LogP contribution in [0.2, 0.25) is 0 Å². The Balaban J connectivity index is 1.53. The molecule has 1 aliphatic heterocycles. The van der Waals surface area contributed by atoms with Gasteiger partial charge in [0.1, 0.15) is 5.78 Å². The van der Waals surface area contributed by atoms with E-state index in [0.717, 1.165) is 24.8 Å². The van der Waals surface area contributed by atoms with E-state index in [1.807, 2.05) is 54.6 Å². The number of rotatable bonds is 8. The smallest absolute Gasteiger partial charge is 0.251 e. The van der Waals surface area contributed by atoms with Crippen LogP contribution in [0.3, 0.4) is 0 Å². The zero-order chi connectivity index (χ0) is 22.3. The molecule has 0 aromatic heterocycles. The number of piperidine rings is 1. The van der Waals surface area contributed by atoms with Crippen molar-refractivity contribution >= 4 is 17.6 Å². The highest BCUT2D eigenvalue weighted by atomic mass is 16.2. The Morgan fingerprint density at radius 3 is 2.19 bits per heavy atom. The second kappa shape index (κ2) is 10.4. The number of likely N-dealkylation sites (tertiary alicyclic amines) is 1. The van der Waals surface area contributed by atoms with Crippen molar-refractivity contribution in [3.63, 3.8) is 0 Å². The van der Waals surface area contributed by atoms with Crippen molar-refractivity contribution in [2.75, 3.05) is 19.6 Å². The molecule has 0 radical (unpaired) electrons.